The van der Waals surface area contributed by atoms with Crippen molar-refractivity contribution in [2.24, 2.45) is 0 Å². The first-order valence-electron chi connectivity index (χ1n) is 8.78. The Bertz CT molecular complexity index is 516. The molecular formula is C19H28O5. The molecule has 2 rings (SSSR count). The van der Waals surface area contributed by atoms with Crippen LogP contribution >= 0.6 is 0 Å². The van der Waals surface area contributed by atoms with E-state index in [0.29, 0.717) is 18.8 Å². The normalized spacial score (nSPS) is 22.0. The van der Waals surface area contributed by atoms with E-state index >= 15 is 0 Å². The largest absolute Gasteiger partial charge is 0.462 e. The molecule has 0 aromatic heterocycles. The molecule has 0 amide bonds. The van der Waals surface area contributed by atoms with Gasteiger partial charge in [0.1, 0.15) is 11.9 Å². The molecule has 0 bridgehead atoms. The number of methoxy groups -OCH3 is 1. The van der Waals surface area contributed by atoms with Crippen molar-refractivity contribution < 1.29 is 23.7 Å². The Morgan fingerprint density at radius 3 is 2.75 bits per heavy atom. The first-order valence-corrected chi connectivity index (χ1v) is 8.78. The molecule has 0 aliphatic heterocycles. The summed E-state index contributed by atoms with van der Waals surface area (Å²) in [4.78, 5) is 11.7. The number of hydrogen-bond acceptors (Lipinski definition) is 5. The van der Waals surface area contributed by atoms with Gasteiger partial charge in [-0.15, -0.1) is 0 Å². The predicted molar refractivity (Wildman–Crippen MR) is 90.9 cm³/mol. The average Bonchev–Trinajstić information content (AvgIpc) is 2.62. The van der Waals surface area contributed by atoms with Gasteiger partial charge in [0.15, 0.2) is 0 Å². The highest BCUT2D eigenvalue weighted by atomic mass is 16.8. The monoisotopic (exact) mass is 336 g/mol. The van der Waals surface area contributed by atoms with E-state index < -0.39 is 6.48 Å². The highest BCUT2D eigenvalue weighted by Crippen LogP contribution is 2.36. The first kappa shape index (κ1) is 18.7. The summed E-state index contributed by atoms with van der Waals surface area (Å²) in [5, 5.41) is 0. The van der Waals surface area contributed by atoms with Crippen LogP contribution in [0.2, 0.25) is 0 Å². The zero-order valence-corrected chi connectivity index (χ0v) is 14.8. The fourth-order valence-corrected chi connectivity index (χ4v) is 3.09. The van der Waals surface area contributed by atoms with Crippen molar-refractivity contribution in [1.82, 2.24) is 0 Å². The van der Waals surface area contributed by atoms with Crippen molar-refractivity contribution in [2.45, 2.75) is 64.4 Å². The van der Waals surface area contributed by atoms with Crippen molar-refractivity contribution in [3.8, 4) is 5.75 Å². The van der Waals surface area contributed by atoms with E-state index in [0.717, 1.165) is 31.2 Å². The van der Waals surface area contributed by atoms with E-state index in [4.69, 9.17) is 18.9 Å². The molecule has 5 nitrogen and oxygen atoms in total. The number of hydrogen-bond donors (Lipinski definition) is 0. The van der Waals surface area contributed by atoms with Gasteiger partial charge in [-0.25, -0.2) is 0 Å². The Labute approximate surface area is 144 Å². The fraction of sp³-hybridized carbons (Fsp3) is 0.632. The lowest BCUT2D eigenvalue weighted by atomic mass is 9.81. The topological polar surface area (TPSA) is 54.0 Å². The average molecular weight is 336 g/mol. The lowest BCUT2D eigenvalue weighted by Crippen LogP contribution is -2.28. The van der Waals surface area contributed by atoms with E-state index in [1.165, 1.54) is 0 Å². The number of carbonyl (C=O) groups is 1. The Morgan fingerprint density at radius 2 is 2.04 bits per heavy atom. The predicted octanol–water partition coefficient (Wildman–Crippen LogP) is 4.01. The molecule has 0 radical (unpaired) electrons. The molecule has 1 aromatic carbocycles. The molecule has 0 spiro atoms. The molecular weight excluding hydrogens is 308 g/mol. The van der Waals surface area contributed by atoms with Gasteiger partial charge in [-0.3, -0.25) is 4.79 Å². The van der Waals surface area contributed by atoms with E-state index in [1.807, 2.05) is 32.0 Å². The number of rotatable bonds is 8. The highest BCUT2D eigenvalue weighted by molar-refractivity contribution is 5.69. The molecule has 0 saturated heterocycles. The van der Waals surface area contributed by atoms with E-state index in [2.05, 4.69) is 6.07 Å². The van der Waals surface area contributed by atoms with Crippen LogP contribution in [0.4, 0.5) is 0 Å². The van der Waals surface area contributed by atoms with Gasteiger partial charge in [-0.05, 0) is 43.9 Å². The quantitative estimate of drug-likeness (QED) is 0.530. The van der Waals surface area contributed by atoms with Gasteiger partial charge in [0.2, 0.25) is 0 Å². The third-order valence-corrected chi connectivity index (χ3v) is 4.29. The van der Waals surface area contributed by atoms with Gasteiger partial charge in [-0.1, -0.05) is 25.5 Å². The van der Waals surface area contributed by atoms with Crippen LogP contribution in [0.1, 0.15) is 57.4 Å². The Kier molecular flexibility index (Phi) is 7.53. The number of esters is 1. The summed E-state index contributed by atoms with van der Waals surface area (Å²) in [5.41, 5.74) is 1.13. The molecule has 1 fully saturated rings. The third kappa shape index (κ3) is 5.21. The Balaban J connectivity index is 2.11. The minimum Gasteiger partial charge on any atom is -0.462 e. The molecule has 1 aliphatic carbocycles. The van der Waals surface area contributed by atoms with Gasteiger partial charge in [0.25, 0.3) is 0 Å². The summed E-state index contributed by atoms with van der Waals surface area (Å²) in [6.45, 7) is 3.51. The van der Waals surface area contributed by atoms with Crippen LogP contribution in [-0.4, -0.2) is 32.3 Å². The van der Waals surface area contributed by atoms with Gasteiger partial charge in [0.05, 0.1) is 6.61 Å². The van der Waals surface area contributed by atoms with Crippen molar-refractivity contribution in [2.75, 3.05) is 13.7 Å². The van der Waals surface area contributed by atoms with Crippen molar-refractivity contribution >= 4 is 5.97 Å². The van der Waals surface area contributed by atoms with E-state index in [-0.39, 0.29) is 18.0 Å². The molecule has 0 heterocycles. The van der Waals surface area contributed by atoms with Crippen LogP contribution < -0.4 is 4.74 Å². The number of benzene rings is 1. The van der Waals surface area contributed by atoms with Gasteiger partial charge in [0, 0.05) is 19.4 Å². The molecule has 3 atom stereocenters. The van der Waals surface area contributed by atoms with Crippen molar-refractivity contribution in [1.29, 1.82) is 0 Å². The molecule has 1 aliphatic rings. The second kappa shape index (κ2) is 9.64. The molecule has 24 heavy (non-hydrogen) atoms. The number of ether oxygens (including phenoxy) is 4. The standard InChI is InChI=1S/C19H28O5/c1-4-18(20)24-17-12-7-6-11-16(17)14-9-8-10-15(13-14)23-19(21-3)22-5-2/h8-10,13,16-17,19H,4-7,11-12H2,1-3H3/t16-,17+,19?/m1/s1. The maximum Gasteiger partial charge on any atom is 0.315 e. The summed E-state index contributed by atoms with van der Waals surface area (Å²) in [7, 11) is 1.55. The van der Waals surface area contributed by atoms with Crippen LogP contribution in [0.5, 0.6) is 5.75 Å². The fourth-order valence-electron chi connectivity index (χ4n) is 3.09. The molecule has 134 valence electrons. The molecule has 0 N–H and O–H groups in total. The zero-order valence-electron chi connectivity index (χ0n) is 14.8. The van der Waals surface area contributed by atoms with E-state index in [1.54, 1.807) is 7.11 Å². The third-order valence-electron chi connectivity index (χ3n) is 4.29. The van der Waals surface area contributed by atoms with Crippen molar-refractivity contribution in [3.63, 3.8) is 0 Å². The van der Waals surface area contributed by atoms with E-state index in [9.17, 15) is 4.79 Å². The van der Waals surface area contributed by atoms with Crippen LogP contribution in [0.15, 0.2) is 24.3 Å². The zero-order chi connectivity index (χ0) is 17.4. The molecule has 1 unspecified atom stereocenters. The summed E-state index contributed by atoms with van der Waals surface area (Å²) in [6.07, 6.45) is 4.55. The summed E-state index contributed by atoms with van der Waals surface area (Å²) in [6, 6.07) is 7.90. The minimum atomic E-state index is -0.717. The molecule has 1 saturated carbocycles. The lowest BCUT2D eigenvalue weighted by molar-refractivity contribution is -0.231. The Morgan fingerprint density at radius 1 is 1.25 bits per heavy atom. The summed E-state index contributed by atoms with van der Waals surface area (Å²) >= 11 is 0. The van der Waals surface area contributed by atoms with Crippen LogP contribution in [-0.2, 0) is 19.0 Å². The van der Waals surface area contributed by atoms with Gasteiger partial charge >= 0.3 is 12.4 Å². The van der Waals surface area contributed by atoms with Crippen LogP contribution in [0, 0.1) is 0 Å². The Hall–Kier alpha value is -1.59. The lowest BCUT2D eigenvalue weighted by Gasteiger charge is -2.31. The maximum atomic E-state index is 11.7. The second-order valence-electron chi connectivity index (χ2n) is 5.94. The first-order chi connectivity index (χ1) is 11.7. The number of carbonyl (C=O) groups excluding carboxylic acids is 1. The van der Waals surface area contributed by atoms with Crippen molar-refractivity contribution in [3.05, 3.63) is 29.8 Å². The highest BCUT2D eigenvalue weighted by Gasteiger charge is 2.29. The molecule has 5 heteroatoms. The SMILES string of the molecule is CCOC(OC)Oc1cccc([C@H]2CCCC[C@@H]2OC(=O)CC)c1. The van der Waals surface area contributed by atoms with Crippen LogP contribution in [0.3, 0.4) is 0 Å². The smallest absolute Gasteiger partial charge is 0.315 e. The van der Waals surface area contributed by atoms with Gasteiger partial charge < -0.3 is 18.9 Å². The summed E-state index contributed by atoms with van der Waals surface area (Å²) in [5.74, 6) is 0.778. The maximum absolute atomic E-state index is 11.7. The minimum absolute atomic E-state index is 0.0495. The van der Waals surface area contributed by atoms with Gasteiger partial charge in [-0.2, -0.15) is 0 Å². The molecule has 1 aromatic rings. The second-order valence-corrected chi connectivity index (χ2v) is 5.94. The van der Waals surface area contributed by atoms with Crippen LogP contribution in [0.25, 0.3) is 0 Å². The summed E-state index contributed by atoms with van der Waals surface area (Å²) < 4.78 is 21.9.